The van der Waals surface area contributed by atoms with Crippen LogP contribution in [0, 0.1) is 0 Å². The zero-order valence-corrected chi connectivity index (χ0v) is 8.95. The molecule has 0 bridgehead atoms. The van der Waals surface area contributed by atoms with Gasteiger partial charge in [0.15, 0.2) is 5.57 Å². The molecule has 0 atom stereocenters. The standard InChI is InChI=1S/C9H12O6/c1-5(7(10)13-2)6(8(11)14-3)9(12)15-4/h1-4H3. The minimum absolute atomic E-state index is 0.156. The van der Waals surface area contributed by atoms with Crippen LogP contribution in [0.4, 0.5) is 0 Å². The van der Waals surface area contributed by atoms with Gasteiger partial charge in [0.05, 0.1) is 26.9 Å². The molecule has 0 saturated heterocycles. The normalized spacial score (nSPS) is 8.80. The second kappa shape index (κ2) is 5.79. The minimum atomic E-state index is -0.940. The molecule has 0 unspecified atom stereocenters. The maximum absolute atomic E-state index is 11.2. The number of carbonyl (C=O) groups is 3. The first kappa shape index (κ1) is 13.2. The van der Waals surface area contributed by atoms with Crippen LogP contribution in [0.5, 0.6) is 0 Å². The van der Waals surface area contributed by atoms with Gasteiger partial charge in [-0.1, -0.05) is 0 Å². The van der Waals surface area contributed by atoms with E-state index in [1.165, 1.54) is 6.92 Å². The van der Waals surface area contributed by atoms with Crippen molar-refractivity contribution in [3.63, 3.8) is 0 Å². The highest BCUT2D eigenvalue weighted by molar-refractivity contribution is 6.18. The fraction of sp³-hybridized carbons (Fsp3) is 0.444. The summed E-state index contributed by atoms with van der Waals surface area (Å²) in [6, 6.07) is 0. The Kier molecular flexibility index (Phi) is 5.08. The number of hydrogen-bond acceptors (Lipinski definition) is 6. The first-order chi connectivity index (χ1) is 6.99. The van der Waals surface area contributed by atoms with Crippen LogP contribution in [0.3, 0.4) is 0 Å². The van der Waals surface area contributed by atoms with Crippen LogP contribution in [0.25, 0.3) is 0 Å². The van der Waals surface area contributed by atoms with E-state index in [2.05, 4.69) is 14.2 Å². The third-order valence-corrected chi connectivity index (χ3v) is 1.65. The summed E-state index contributed by atoms with van der Waals surface area (Å²) in [7, 11) is 3.32. The van der Waals surface area contributed by atoms with Gasteiger partial charge < -0.3 is 14.2 Å². The Labute approximate surface area is 86.8 Å². The van der Waals surface area contributed by atoms with Crippen LogP contribution in [-0.2, 0) is 28.6 Å². The molecule has 0 amide bonds. The molecule has 0 saturated carbocycles. The second-order valence-corrected chi connectivity index (χ2v) is 2.47. The maximum atomic E-state index is 11.2. The molecule has 0 heterocycles. The molecule has 0 radical (unpaired) electrons. The van der Waals surface area contributed by atoms with Gasteiger partial charge in [0.2, 0.25) is 0 Å². The van der Waals surface area contributed by atoms with Crippen molar-refractivity contribution in [1.82, 2.24) is 0 Å². The van der Waals surface area contributed by atoms with Gasteiger partial charge in [-0.15, -0.1) is 0 Å². The molecule has 0 aromatic heterocycles. The van der Waals surface area contributed by atoms with Crippen molar-refractivity contribution in [2.24, 2.45) is 0 Å². The molecular formula is C9H12O6. The molecule has 0 aliphatic heterocycles. The van der Waals surface area contributed by atoms with E-state index in [1.807, 2.05) is 0 Å². The fourth-order valence-electron chi connectivity index (χ4n) is 0.849. The number of rotatable bonds is 3. The summed E-state index contributed by atoms with van der Waals surface area (Å²) in [5, 5.41) is 0. The van der Waals surface area contributed by atoms with Crippen LogP contribution >= 0.6 is 0 Å². The van der Waals surface area contributed by atoms with Crippen molar-refractivity contribution in [2.75, 3.05) is 21.3 Å². The predicted molar refractivity (Wildman–Crippen MR) is 48.7 cm³/mol. The molecule has 0 fully saturated rings. The van der Waals surface area contributed by atoms with Crippen molar-refractivity contribution in [3.8, 4) is 0 Å². The fourth-order valence-corrected chi connectivity index (χ4v) is 0.849. The molecule has 0 aliphatic rings. The van der Waals surface area contributed by atoms with Gasteiger partial charge in [0, 0.05) is 0 Å². The van der Waals surface area contributed by atoms with Crippen molar-refractivity contribution >= 4 is 17.9 Å². The summed E-state index contributed by atoms with van der Waals surface area (Å²) in [6.07, 6.45) is 0. The lowest BCUT2D eigenvalue weighted by Crippen LogP contribution is -2.20. The third kappa shape index (κ3) is 3.08. The zero-order valence-electron chi connectivity index (χ0n) is 8.95. The topological polar surface area (TPSA) is 78.9 Å². The predicted octanol–water partition coefficient (Wildman–Crippen LogP) is -0.178. The Morgan fingerprint density at radius 1 is 0.733 bits per heavy atom. The first-order valence-corrected chi connectivity index (χ1v) is 3.95. The van der Waals surface area contributed by atoms with Crippen LogP contribution in [0.1, 0.15) is 6.92 Å². The molecule has 0 aromatic carbocycles. The Balaban J connectivity index is 5.34. The molecule has 6 nitrogen and oxygen atoms in total. The summed E-state index contributed by atoms with van der Waals surface area (Å²) < 4.78 is 13.1. The molecule has 6 heteroatoms. The van der Waals surface area contributed by atoms with Crippen molar-refractivity contribution in [2.45, 2.75) is 6.92 Å². The average Bonchev–Trinajstić information content (AvgIpc) is 2.27. The monoisotopic (exact) mass is 216 g/mol. The van der Waals surface area contributed by atoms with E-state index in [-0.39, 0.29) is 5.57 Å². The van der Waals surface area contributed by atoms with Crippen molar-refractivity contribution in [3.05, 3.63) is 11.1 Å². The molecule has 0 rings (SSSR count). The molecule has 0 aliphatic carbocycles. The Bertz CT molecular complexity index is 297. The SMILES string of the molecule is COC(=O)C(C)=C(C(=O)OC)C(=O)OC. The highest BCUT2D eigenvalue weighted by atomic mass is 16.5. The summed E-state index contributed by atoms with van der Waals surface area (Å²) in [5.41, 5.74) is -0.622. The number of hydrogen-bond donors (Lipinski definition) is 0. The summed E-state index contributed by atoms with van der Waals surface area (Å²) in [5.74, 6) is -2.67. The lowest BCUT2D eigenvalue weighted by molar-refractivity contribution is -0.146. The Morgan fingerprint density at radius 3 is 1.33 bits per heavy atom. The first-order valence-electron chi connectivity index (χ1n) is 3.95. The van der Waals surface area contributed by atoms with E-state index < -0.39 is 23.5 Å². The quantitative estimate of drug-likeness (QED) is 0.214. The van der Waals surface area contributed by atoms with Gasteiger partial charge in [0.1, 0.15) is 0 Å². The van der Waals surface area contributed by atoms with E-state index in [0.29, 0.717) is 0 Å². The van der Waals surface area contributed by atoms with Gasteiger partial charge in [-0.05, 0) is 6.92 Å². The van der Waals surface area contributed by atoms with Crippen LogP contribution < -0.4 is 0 Å². The van der Waals surface area contributed by atoms with E-state index in [9.17, 15) is 14.4 Å². The molecule has 84 valence electrons. The van der Waals surface area contributed by atoms with Crippen LogP contribution in [0.15, 0.2) is 11.1 Å². The van der Waals surface area contributed by atoms with Gasteiger partial charge >= 0.3 is 17.9 Å². The van der Waals surface area contributed by atoms with Gasteiger partial charge in [-0.3, -0.25) is 0 Å². The number of methoxy groups -OCH3 is 3. The summed E-state index contributed by atoms with van der Waals surface area (Å²) >= 11 is 0. The Morgan fingerprint density at radius 2 is 1.07 bits per heavy atom. The summed E-state index contributed by atoms with van der Waals surface area (Å²) in [4.78, 5) is 33.5. The second-order valence-electron chi connectivity index (χ2n) is 2.47. The average molecular weight is 216 g/mol. The molecule has 0 N–H and O–H groups in total. The molecule has 0 aromatic rings. The van der Waals surface area contributed by atoms with Crippen molar-refractivity contribution in [1.29, 1.82) is 0 Å². The zero-order chi connectivity index (χ0) is 12.0. The summed E-state index contributed by atoms with van der Waals surface area (Å²) in [6.45, 7) is 1.27. The van der Waals surface area contributed by atoms with E-state index in [4.69, 9.17) is 0 Å². The van der Waals surface area contributed by atoms with Crippen molar-refractivity contribution < 1.29 is 28.6 Å². The third-order valence-electron chi connectivity index (χ3n) is 1.65. The Hall–Kier alpha value is -1.85. The molecule has 15 heavy (non-hydrogen) atoms. The van der Waals surface area contributed by atoms with E-state index >= 15 is 0 Å². The van der Waals surface area contributed by atoms with Gasteiger partial charge in [0.25, 0.3) is 0 Å². The van der Waals surface area contributed by atoms with Crippen LogP contribution in [-0.4, -0.2) is 39.2 Å². The van der Waals surface area contributed by atoms with Gasteiger partial charge in [-0.25, -0.2) is 14.4 Å². The highest BCUT2D eigenvalue weighted by Gasteiger charge is 2.26. The smallest absolute Gasteiger partial charge is 0.345 e. The maximum Gasteiger partial charge on any atom is 0.345 e. The van der Waals surface area contributed by atoms with Gasteiger partial charge in [-0.2, -0.15) is 0 Å². The molecular weight excluding hydrogens is 204 g/mol. The number of carbonyl (C=O) groups excluding carboxylic acids is 3. The number of esters is 3. The lowest BCUT2D eigenvalue weighted by Gasteiger charge is -2.06. The number of ether oxygens (including phenoxy) is 3. The molecule has 0 spiro atoms. The van der Waals surface area contributed by atoms with Crippen LogP contribution in [0.2, 0.25) is 0 Å². The minimum Gasteiger partial charge on any atom is -0.466 e. The lowest BCUT2D eigenvalue weighted by atomic mass is 10.1. The van der Waals surface area contributed by atoms with E-state index in [1.54, 1.807) is 0 Å². The largest absolute Gasteiger partial charge is 0.466 e. The van der Waals surface area contributed by atoms with E-state index in [0.717, 1.165) is 21.3 Å². The highest BCUT2D eigenvalue weighted by Crippen LogP contribution is 2.09.